The van der Waals surface area contributed by atoms with Gasteiger partial charge in [-0.05, 0) is 38.1 Å². The van der Waals surface area contributed by atoms with E-state index in [1.54, 1.807) is 0 Å². The molecule has 5 nitrogen and oxygen atoms in total. The number of hydrogen-bond donors (Lipinski definition) is 2. The zero-order valence-electron chi connectivity index (χ0n) is 10.8. The van der Waals surface area contributed by atoms with E-state index < -0.39 is 9.84 Å². The van der Waals surface area contributed by atoms with Crippen molar-refractivity contribution in [2.75, 3.05) is 18.1 Å². The fraction of sp³-hybridized carbons (Fsp3) is 0.917. The average Bonchev–Trinajstić information content (AvgIpc) is 2.32. The van der Waals surface area contributed by atoms with E-state index in [2.05, 4.69) is 17.6 Å². The third-order valence-corrected chi connectivity index (χ3v) is 5.67. The molecular weight excluding hydrogens is 252 g/mol. The molecule has 2 aliphatic heterocycles. The summed E-state index contributed by atoms with van der Waals surface area (Å²) in [6.07, 6.45) is 3.29. The van der Waals surface area contributed by atoms with Crippen molar-refractivity contribution in [2.24, 2.45) is 5.92 Å². The van der Waals surface area contributed by atoms with Crippen LogP contribution in [0.15, 0.2) is 0 Å². The van der Waals surface area contributed by atoms with Crippen LogP contribution in [0.2, 0.25) is 0 Å². The molecule has 104 valence electrons. The molecule has 2 unspecified atom stereocenters. The summed E-state index contributed by atoms with van der Waals surface area (Å²) in [5.41, 5.74) is 0. The highest BCUT2D eigenvalue weighted by Crippen LogP contribution is 2.17. The molecule has 2 aliphatic rings. The molecule has 0 aromatic rings. The van der Waals surface area contributed by atoms with Gasteiger partial charge in [0.15, 0.2) is 0 Å². The van der Waals surface area contributed by atoms with Crippen molar-refractivity contribution >= 4 is 15.7 Å². The van der Waals surface area contributed by atoms with Crippen LogP contribution in [0.5, 0.6) is 0 Å². The van der Waals surface area contributed by atoms with Crippen molar-refractivity contribution < 1.29 is 13.2 Å². The van der Waals surface area contributed by atoms with Gasteiger partial charge in [0.25, 0.3) is 0 Å². The van der Waals surface area contributed by atoms with Gasteiger partial charge < -0.3 is 10.6 Å². The van der Waals surface area contributed by atoms with E-state index in [1.807, 2.05) is 0 Å². The van der Waals surface area contributed by atoms with Gasteiger partial charge in [0.05, 0.1) is 17.5 Å². The summed E-state index contributed by atoms with van der Waals surface area (Å²) in [7, 11) is -2.85. The maximum Gasteiger partial charge on any atom is 0.237 e. The Bertz CT molecular complexity index is 394. The van der Waals surface area contributed by atoms with E-state index in [9.17, 15) is 13.2 Å². The highest BCUT2D eigenvalue weighted by molar-refractivity contribution is 7.91. The van der Waals surface area contributed by atoms with E-state index in [-0.39, 0.29) is 29.5 Å². The molecule has 0 radical (unpaired) electrons. The molecule has 2 rings (SSSR count). The van der Waals surface area contributed by atoms with Crippen molar-refractivity contribution in [1.29, 1.82) is 0 Å². The third kappa shape index (κ3) is 3.45. The van der Waals surface area contributed by atoms with Gasteiger partial charge in [-0.1, -0.05) is 6.92 Å². The molecule has 2 N–H and O–H groups in total. The first-order valence-corrected chi connectivity index (χ1v) is 8.54. The zero-order chi connectivity index (χ0) is 13.2. The second-order valence-corrected chi connectivity index (χ2v) is 7.79. The summed E-state index contributed by atoms with van der Waals surface area (Å²) < 4.78 is 22.6. The van der Waals surface area contributed by atoms with E-state index in [0.29, 0.717) is 18.8 Å². The summed E-state index contributed by atoms with van der Waals surface area (Å²) in [5.74, 6) is 0.787. The standard InChI is InChI=1S/C12H22N2O3S/c1-9-3-2-6-13-11(9)12(15)14-10-4-7-18(16,17)8-5-10/h9-11,13H,2-8H2,1H3,(H,14,15). The second-order valence-electron chi connectivity index (χ2n) is 5.49. The summed E-state index contributed by atoms with van der Waals surface area (Å²) in [5, 5.41) is 6.24. The molecule has 0 aromatic heterocycles. The Morgan fingerprint density at radius 1 is 1.22 bits per heavy atom. The summed E-state index contributed by atoms with van der Waals surface area (Å²) in [6, 6.07) is -0.0887. The lowest BCUT2D eigenvalue weighted by Crippen LogP contribution is -2.54. The van der Waals surface area contributed by atoms with Crippen LogP contribution >= 0.6 is 0 Å². The number of sulfone groups is 1. The SMILES string of the molecule is CC1CCCNC1C(=O)NC1CCS(=O)(=O)CC1. The Labute approximate surface area is 109 Å². The molecule has 2 atom stereocenters. The quantitative estimate of drug-likeness (QED) is 0.747. The summed E-state index contributed by atoms with van der Waals surface area (Å²) in [6.45, 7) is 2.98. The van der Waals surface area contributed by atoms with Crippen LogP contribution in [0.25, 0.3) is 0 Å². The largest absolute Gasteiger partial charge is 0.352 e. The van der Waals surface area contributed by atoms with Crippen molar-refractivity contribution in [1.82, 2.24) is 10.6 Å². The van der Waals surface area contributed by atoms with Crippen LogP contribution in [0, 0.1) is 5.92 Å². The topological polar surface area (TPSA) is 75.3 Å². The lowest BCUT2D eigenvalue weighted by molar-refractivity contribution is -0.125. The first-order chi connectivity index (χ1) is 8.48. The van der Waals surface area contributed by atoms with Crippen LogP contribution in [0.1, 0.15) is 32.6 Å². The fourth-order valence-electron chi connectivity index (χ4n) is 2.73. The lowest BCUT2D eigenvalue weighted by atomic mass is 9.92. The van der Waals surface area contributed by atoms with Gasteiger partial charge in [0, 0.05) is 6.04 Å². The molecule has 2 saturated heterocycles. The molecule has 18 heavy (non-hydrogen) atoms. The van der Waals surface area contributed by atoms with Gasteiger partial charge in [0.1, 0.15) is 9.84 Å². The number of carbonyl (C=O) groups excluding carboxylic acids is 1. The number of piperidine rings is 1. The highest BCUT2D eigenvalue weighted by Gasteiger charge is 2.30. The lowest BCUT2D eigenvalue weighted by Gasteiger charge is -2.31. The molecule has 6 heteroatoms. The van der Waals surface area contributed by atoms with Crippen LogP contribution in [-0.4, -0.2) is 44.5 Å². The molecule has 1 amide bonds. The van der Waals surface area contributed by atoms with Crippen molar-refractivity contribution in [3.05, 3.63) is 0 Å². The first kappa shape index (κ1) is 13.8. The molecule has 0 aliphatic carbocycles. The predicted octanol–water partition coefficient (Wildman–Crippen LogP) is 0.0679. The molecule has 0 saturated carbocycles. The average molecular weight is 274 g/mol. The van der Waals surface area contributed by atoms with Crippen LogP contribution in [-0.2, 0) is 14.6 Å². The van der Waals surface area contributed by atoms with Crippen molar-refractivity contribution in [3.8, 4) is 0 Å². The molecule has 0 bridgehead atoms. The van der Waals surface area contributed by atoms with Crippen molar-refractivity contribution in [2.45, 2.75) is 44.7 Å². The Balaban J connectivity index is 1.84. The number of carbonyl (C=O) groups is 1. The number of nitrogens with one attached hydrogen (secondary N) is 2. The monoisotopic (exact) mass is 274 g/mol. The van der Waals surface area contributed by atoms with Gasteiger partial charge in [0.2, 0.25) is 5.91 Å². The smallest absolute Gasteiger partial charge is 0.237 e. The minimum absolute atomic E-state index is 0.0250. The van der Waals surface area contributed by atoms with E-state index in [4.69, 9.17) is 0 Å². The minimum atomic E-state index is -2.85. The van der Waals surface area contributed by atoms with Crippen LogP contribution in [0.3, 0.4) is 0 Å². The fourth-order valence-corrected chi connectivity index (χ4v) is 4.22. The molecule has 0 aromatic carbocycles. The first-order valence-electron chi connectivity index (χ1n) is 6.72. The maximum atomic E-state index is 12.1. The van der Waals surface area contributed by atoms with Gasteiger partial charge in [-0.3, -0.25) is 4.79 Å². The summed E-state index contributed by atoms with van der Waals surface area (Å²) in [4.78, 5) is 12.1. The maximum absolute atomic E-state index is 12.1. The normalized spacial score (nSPS) is 32.9. The Morgan fingerprint density at radius 2 is 1.89 bits per heavy atom. The van der Waals surface area contributed by atoms with Gasteiger partial charge in [-0.25, -0.2) is 8.42 Å². The molecule has 2 fully saturated rings. The van der Waals surface area contributed by atoms with Crippen molar-refractivity contribution in [3.63, 3.8) is 0 Å². The Hall–Kier alpha value is -0.620. The van der Waals surface area contributed by atoms with E-state index in [0.717, 1.165) is 19.4 Å². The van der Waals surface area contributed by atoms with Gasteiger partial charge in [-0.2, -0.15) is 0 Å². The zero-order valence-corrected chi connectivity index (χ0v) is 11.6. The van der Waals surface area contributed by atoms with Gasteiger partial charge in [-0.15, -0.1) is 0 Å². The number of rotatable bonds is 2. The Morgan fingerprint density at radius 3 is 2.50 bits per heavy atom. The third-order valence-electron chi connectivity index (χ3n) is 3.95. The van der Waals surface area contributed by atoms with Crippen LogP contribution in [0.4, 0.5) is 0 Å². The summed E-state index contributed by atoms with van der Waals surface area (Å²) >= 11 is 0. The molecule has 0 spiro atoms. The van der Waals surface area contributed by atoms with E-state index in [1.165, 1.54) is 0 Å². The molecule has 2 heterocycles. The molecular formula is C12H22N2O3S. The second kappa shape index (κ2) is 5.57. The Kier molecular flexibility index (Phi) is 4.27. The highest BCUT2D eigenvalue weighted by atomic mass is 32.2. The van der Waals surface area contributed by atoms with Gasteiger partial charge >= 0.3 is 0 Å². The number of amides is 1. The predicted molar refractivity (Wildman–Crippen MR) is 70.0 cm³/mol. The number of hydrogen-bond acceptors (Lipinski definition) is 4. The minimum Gasteiger partial charge on any atom is -0.352 e. The van der Waals surface area contributed by atoms with E-state index >= 15 is 0 Å². The van der Waals surface area contributed by atoms with Crippen LogP contribution < -0.4 is 10.6 Å².